The SMILES string of the molecule is Cc1cccc(/C(=N/Nc2ccccc2)c2ccccc2)c1. The largest absolute Gasteiger partial charge is 0.278 e. The third-order valence-corrected chi connectivity index (χ3v) is 3.41. The van der Waals surface area contributed by atoms with Crippen molar-refractivity contribution in [3.63, 3.8) is 0 Å². The molecule has 0 aliphatic heterocycles. The molecule has 0 aliphatic rings. The lowest BCUT2D eigenvalue weighted by molar-refractivity contribution is 1.32. The molecule has 0 spiro atoms. The molecule has 108 valence electrons. The summed E-state index contributed by atoms with van der Waals surface area (Å²) in [6.45, 7) is 2.09. The summed E-state index contributed by atoms with van der Waals surface area (Å²) in [6.07, 6.45) is 0. The Bertz CT molecular complexity index is 762. The molecule has 0 saturated heterocycles. The zero-order chi connectivity index (χ0) is 15.2. The van der Waals surface area contributed by atoms with Gasteiger partial charge in [0, 0.05) is 11.1 Å². The summed E-state index contributed by atoms with van der Waals surface area (Å²) in [6, 6.07) is 28.6. The van der Waals surface area contributed by atoms with E-state index < -0.39 is 0 Å². The van der Waals surface area contributed by atoms with Crippen LogP contribution in [0.25, 0.3) is 0 Å². The third kappa shape index (κ3) is 3.41. The number of benzene rings is 3. The van der Waals surface area contributed by atoms with Gasteiger partial charge in [-0.05, 0) is 25.1 Å². The van der Waals surface area contributed by atoms with Gasteiger partial charge in [0.1, 0.15) is 0 Å². The predicted molar refractivity (Wildman–Crippen MR) is 93.3 cm³/mol. The van der Waals surface area contributed by atoms with Crippen LogP contribution < -0.4 is 5.43 Å². The van der Waals surface area contributed by atoms with Gasteiger partial charge in [0.2, 0.25) is 0 Å². The van der Waals surface area contributed by atoms with Gasteiger partial charge in [-0.3, -0.25) is 5.43 Å². The Morgan fingerprint density at radius 1 is 0.727 bits per heavy atom. The Labute approximate surface area is 131 Å². The molecule has 2 nitrogen and oxygen atoms in total. The van der Waals surface area contributed by atoms with E-state index in [9.17, 15) is 0 Å². The Kier molecular flexibility index (Phi) is 4.30. The zero-order valence-electron chi connectivity index (χ0n) is 12.5. The summed E-state index contributed by atoms with van der Waals surface area (Å²) in [5.74, 6) is 0. The second-order valence-electron chi connectivity index (χ2n) is 5.17. The van der Waals surface area contributed by atoms with Crippen molar-refractivity contribution in [2.45, 2.75) is 6.92 Å². The number of nitrogens with one attached hydrogen (secondary N) is 1. The van der Waals surface area contributed by atoms with Crippen molar-refractivity contribution in [2.75, 3.05) is 5.43 Å². The maximum atomic E-state index is 4.64. The number of rotatable bonds is 4. The third-order valence-electron chi connectivity index (χ3n) is 3.41. The van der Waals surface area contributed by atoms with E-state index in [0.717, 1.165) is 22.5 Å². The van der Waals surface area contributed by atoms with Crippen LogP contribution >= 0.6 is 0 Å². The maximum Gasteiger partial charge on any atom is 0.0978 e. The molecule has 0 unspecified atom stereocenters. The number of aryl methyl sites for hydroxylation is 1. The highest BCUT2D eigenvalue weighted by Crippen LogP contribution is 2.14. The van der Waals surface area contributed by atoms with E-state index in [4.69, 9.17) is 0 Å². The smallest absolute Gasteiger partial charge is 0.0978 e. The number of nitrogens with zero attached hydrogens (tertiary/aromatic N) is 1. The summed E-state index contributed by atoms with van der Waals surface area (Å²) in [7, 11) is 0. The Balaban J connectivity index is 2.00. The van der Waals surface area contributed by atoms with Gasteiger partial charge >= 0.3 is 0 Å². The molecular formula is C20H18N2. The quantitative estimate of drug-likeness (QED) is 0.537. The number of anilines is 1. The van der Waals surface area contributed by atoms with Crippen molar-refractivity contribution < 1.29 is 0 Å². The van der Waals surface area contributed by atoms with Crippen LogP contribution in [0.4, 0.5) is 5.69 Å². The lowest BCUT2D eigenvalue weighted by Crippen LogP contribution is -2.06. The molecule has 0 aromatic heterocycles. The molecule has 0 bridgehead atoms. The molecule has 0 saturated carbocycles. The summed E-state index contributed by atoms with van der Waals surface area (Å²) < 4.78 is 0. The van der Waals surface area contributed by atoms with Crippen LogP contribution in [0.3, 0.4) is 0 Å². The molecule has 0 radical (unpaired) electrons. The molecule has 3 aromatic rings. The highest BCUT2D eigenvalue weighted by molar-refractivity contribution is 6.13. The Hall–Kier alpha value is -2.87. The second kappa shape index (κ2) is 6.72. The molecule has 0 atom stereocenters. The van der Waals surface area contributed by atoms with E-state index in [1.807, 2.05) is 48.5 Å². The minimum Gasteiger partial charge on any atom is -0.278 e. The monoisotopic (exact) mass is 286 g/mol. The average molecular weight is 286 g/mol. The van der Waals surface area contributed by atoms with Gasteiger partial charge < -0.3 is 0 Å². The fourth-order valence-electron chi connectivity index (χ4n) is 2.32. The first-order valence-electron chi connectivity index (χ1n) is 7.34. The van der Waals surface area contributed by atoms with E-state index in [1.165, 1.54) is 5.56 Å². The molecule has 22 heavy (non-hydrogen) atoms. The van der Waals surface area contributed by atoms with Gasteiger partial charge in [0.05, 0.1) is 11.4 Å². The van der Waals surface area contributed by atoms with Crippen molar-refractivity contribution in [2.24, 2.45) is 5.10 Å². The van der Waals surface area contributed by atoms with Gasteiger partial charge in [-0.15, -0.1) is 0 Å². The van der Waals surface area contributed by atoms with Gasteiger partial charge in [0.25, 0.3) is 0 Å². The zero-order valence-corrected chi connectivity index (χ0v) is 12.5. The van der Waals surface area contributed by atoms with Crippen LogP contribution in [0.1, 0.15) is 16.7 Å². The van der Waals surface area contributed by atoms with Crippen LogP contribution in [0.15, 0.2) is 90.0 Å². The molecule has 0 heterocycles. The Morgan fingerprint density at radius 3 is 2.05 bits per heavy atom. The first-order chi connectivity index (χ1) is 10.8. The minimum absolute atomic E-state index is 0.938. The van der Waals surface area contributed by atoms with Crippen LogP contribution in [0.2, 0.25) is 0 Å². The Morgan fingerprint density at radius 2 is 1.36 bits per heavy atom. The fourth-order valence-corrected chi connectivity index (χ4v) is 2.32. The molecule has 3 aromatic carbocycles. The van der Waals surface area contributed by atoms with E-state index in [2.05, 4.69) is 53.8 Å². The highest BCUT2D eigenvalue weighted by Gasteiger charge is 2.07. The molecule has 0 amide bonds. The molecule has 1 N–H and O–H groups in total. The molecular weight excluding hydrogens is 268 g/mol. The lowest BCUT2D eigenvalue weighted by atomic mass is 10.0. The highest BCUT2D eigenvalue weighted by atomic mass is 15.3. The number of hydrogen-bond donors (Lipinski definition) is 1. The summed E-state index contributed by atoms with van der Waals surface area (Å²) in [4.78, 5) is 0. The first-order valence-corrected chi connectivity index (χ1v) is 7.34. The fraction of sp³-hybridized carbons (Fsp3) is 0.0500. The second-order valence-corrected chi connectivity index (χ2v) is 5.17. The number of hydrazone groups is 1. The lowest BCUT2D eigenvalue weighted by Gasteiger charge is -2.09. The van der Waals surface area contributed by atoms with Crippen molar-refractivity contribution in [1.29, 1.82) is 0 Å². The summed E-state index contributed by atoms with van der Waals surface area (Å²) in [5.41, 5.74) is 8.49. The normalized spacial score (nSPS) is 11.2. The predicted octanol–water partition coefficient (Wildman–Crippen LogP) is 4.86. The van der Waals surface area contributed by atoms with Gasteiger partial charge in [-0.1, -0.05) is 72.3 Å². The van der Waals surface area contributed by atoms with Crippen LogP contribution in [-0.2, 0) is 0 Å². The number of hydrogen-bond acceptors (Lipinski definition) is 2. The molecule has 0 fully saturated rings. The van der Waals surface area contributed by atoms with Crippen molar-refractivity contribution in [3.8, 4) is 0 Å². The van der Waals surface area contributed by atoms with E-state index in [0.29, 0.717) is 0 Å². The van der Waals surface area contributed by atoms with Crippen LogP contribution in [0.5, 0.6) is 0 Å². The van der Waals surface area contributed by atoms with E-state index in [-0.39, 0.29) is 0 Å². The molecule has 0 aliphatic carbocycles. The summed E-state index contributed by atoms with van der Waals surface area (Å²) in [5, 5.41) is 4.64. The summed E-state index contributed by atoms with van der Waals surface area (Å²) >= 11 is 0. The average Bonchev–Trinajstić information content (AvgIpc) is 2.57. The van der Waals surface area contributed by atoms with Crippen LogP contribution in [-0.4, -0.2) is 5.71 Å². The van der Waals surface area contributed by atoms with Crippen LogP contribution in [0, 0.1) is 6.92 Å². The minimum atomic E-state index is 0.938. The van der Waals surface area contributed by atoms with Gasteiger partial charge in [0.15, 0.2) is 0 Å². The van der Waals surface area contributed by atoms with Crippen molar-refractivity contribution >= 4 is 11.4 Å². The molecule has 2 heteroatoms. The van der Waals surface area contributed by atoms with E-state index >= 15 is 0 Å². The van der Waals surface area contributed by atoms with Crippen molar-refractivity contribution in [3.05, 3.63) is 102 Å². The van der Waals surface area contributed by atoms with Gasteiger partial charge in [-0.2, -0.15) is 5.10 Å². The standard InChI is InChI=1S/C20H18N2/c1-16-9-8-12-18(15-16)20(17-10-4-2-5-11-17)22-21-19-13-6-3-7-14-19/h2-15,21H,1H3/b22-20+. The van der Waals surface area contributed by atoms with E-state index in [1.54, 1.807) is 0 Å². The van der Waals surface area contributed by atoms with Gasteiger partial charge in [-0.25, -0.2) is 0 Å². The number of para-hydroxylation sites is 1. The topological polar surface area (TPSA) is 24.4 Å². The molecule has 3 rings (SSSR count). The first kappa shape index (κ1) is 14.1. The van der Waals surface area contributed by atoms with Crippen molar-refractivity contribution in [1.82, 2.24) is 0 Å². The maximum absolute atomic E-state index is 4.64.